The van der Waals surface area contributed by atoms with Gasteiger partial charge in [-0.25, -0.2) is 0 Å². The lowest BCUT2D eigenvalue weighted by atomic mass is 9.80. The fourth-order valence-corrected chi connectivity index (χ4v) is 5.42. The normalized spacial score (nSPS) is 39.3. The van der Waals surface area contributed by atoms with Crippen molar-refractivity contribution in [1.29, 1.82) is 0 Å². The van der Waals surface area contributed by atoms with Crippen LogP contribution in [0, 0.1) is 17.8 Å². The highest BCUT2D eigenvalue weighted by Crippen LogP contribution is 2.33. The molecule has 0 spiro atoms. The van der Waals surface area contributed by atoms with Gasteiger partial charge in [0.2, 0.25) is 5.91 Å². The van der Waals surface area contributed by atoms with Crippen LogP contribution in [0.4, 0.5) is 0 Å². The first-order chi connectivity index (χ1) is 13.8. The first kappa shape index (κ1) is 23.3. The number of thioether (sulfide) groups is 1. The molecular formula is C21H38N2O5S. The molecule has 8 heteroatoms. The number of hydrogen-bond acceptors (Lipinski definition) is 7. The van der Waals surface area contributed by atoms with E-state index in [1.807, 2.05) is 13.8 Å². The van der Waals surface area contributed by atoms with Gasteiger partial charge in [0, 0.05) is 0 Å². The lowest BCUT2D eigenvalue weighted by Gasteiger charge is -2.44. The topological polar surface area (TPSA) is 111 Å². The highest BCUT2D eigenvalue weighted by Gasteiger charge is 2.47. The minimum Gasteiger partial charge on any atom is -0.388 e. The molecule has 1 saturated carbocycles. The van der Waals surface area contributed by atoms with Gasteiger partial charge < -0.3 is 30.7 Å². The van der Waals surface area contributed by atoms with Crippen molar-refractivity contribution < 1.29 is 24.9 Å². The van der Waals surface area contributed by atoms with Crippen molar-refractivity contribution in [3.05, 3.63) is 0 Å². The number of hydrogen-bond donors (Lipinski definition) is 5. The Morgan fingerprint density at radius 3 is 2.41 bits per heavy atom. The Labute approximate surface area is 178 Å². The first-order valence-corrected chi connectivity index (χ1v) is 12.4. The Kier molecular flexibility index (Phi) is 8.26. The van der Waals surface area contributed by atoms with E-state index in [1.54, 1.807) is 6.26 Å². The summed E-state index contributed by atoms with van der Waals surface area (Å²) >= 11 is 1.28. The minimum atomic E-state index is -1.30. The van der Waals surface area contributed by atoms with E-state index >= 15 is 0 Å². The van der Waals surface area contributed by atoms with Gasteiger partial charge in [0.1, 0.15) is 29.9 Å². The summed E-state index contributed by atoms with van der Waals surface area (Å²) in [5.41, 5.74) is -0.642. The molecule has 3 aliphatic rings. The smallest absolute Gasteiger partial charge is 0.237 e. The van der Waals surface area contributed by atoms with E-state index in [-0.39, 0.29) is 17.9 Å². The number of aliphatic hydroxyl groups is 3. The summed E-state index contributed by atoms with van der Waals surface area (Å²) in [4.78, 5) is 12.9. The molecule has 29 heavy (non-hydrogen) atoms. The summed E-state index contributed by atoms with van der Waals surface area (Å²) in [6, 6.07) is -0.680. The lowest BCUT2D eigenvalue weighted by molar-refractivity contribution is -0.208. The van der Waals surface area contributed by atoms with E-state index in [9.17, 15) is 20.1 Å². The maximum absolute atomic E-state index is 12.9. The summed E-state index contributed by atoms with van der Waals surface area (Å²) in [7, 11) is 0. The highest BCUT2D eigenvalue weighted by molar-refractivity contribution is 7.99. The van der Waals surface area contributed by atoms with Gasteiger partial charge in [-0.2, -0.15) is 0 Å². The number of carbonyl (C=O) groups is 1. The van der Waals surface area contributed by atoms with Crippen LogP contribution < -0.4 is 10.6 Å². The van der Waals surface area contributed by atoms with E-state index in [0.29, 0.717) is 5.92 Å². The van der Waals surface area contributed by atoms with Crippen LogP contribution in [0.5, 0.6) is 0 Å². The van der Waals surface area contributed by atoms with Crippen LogP contribution in [0.25, 0.3) is 0 Å². The largest absolute Gasteiger partial charge is 0.388 e. The summed E-state index contributed by atoms with van der Waals surface area (Å²) in [6.45, 7) is 4.78. The monoisotopic (exact) mass is 430 g/mol. The highest BCUT2D eigenvalue weighted by atomic mass is 32.2. The van der Waals surface area contributed by atoms with Gasteiger partial charge in [0.15, 0.2) is 0 Å². The van der Waals surface area contributed by atoms with Gasteiger partial charge in [-0.1, -0.05) is 39.5 Å². The Morgan fingerprint density at radius 2 is 1.83 bits per heavy atom. The standard InChI is InChI=1S/C21H38N2O5S/c1-11(2)15(19-17(25)16(24)18(26)21(28-19)29-3)23-20(27)14-9-13(10-22-14)8-7-12-5-4-6-12/h11-19,21-22,24-26H,4-10H2,1-3H3,(H,23,27)/t13-,14+,15-,16+,17-,18-,19?,21-/m1/s1. The molecule has 2 heterocycles. The zero-order chi connectivity index (χ0) is 21.1. The average molecular weight is 431 g/mol. The van der Waals surface area contributed by atoms with Crippen LogP contribution in [0.1, 0.15) is 52.4 Å². The van der Waals surface area contributed by atoms with Crippen LogP contribution in [0.2, 0.25) is 0 Å². The Hall–Kier alpha value is -0.380. The molecule has 3 rings (SSSR count). The second-order valence-electron chi connectivity index (χ2n) is 9.39. The number of carbonyl (C=O) groups excluding carboxylic acids is 1. The van der Waals surface area contributed by atoms with Crippen LogP contribution >= 0.6 is 11.8 Å². The van der Waals surface area contributed by atoms with Crippen molar-refractivity contribution in [2.75, 3.05) is 12.8 Å². The van der Waals surface area contributed by atoms with E-state index in [2.05, 4.69) is 10.6 Å². The molecule has 2 aliphatic heterocycles. The maximum atomic E-state index is 12.9. The number of amides is 1. The van der Waals surface area contributed by atoms with Crippen LogP contribution in [0.15, 0.2) is 0 Å². The number of nitrogens with one attached hydrogen (secondary N) is 2. The zero-order valence-corrected chi connectivity index (χ0v) is 18.6. The summed E-state index contributed by atoms with van der Waals surface area (Å²) in [5.74, 6) is 1.36. The molecule has 7 nitrogen and oxygen atoms in total. The number of ether oxygens (including phenoxy) is 1. The first-order valence-electron chi connectivity index (χ1n) is 11.1. The molecule has 0 aromatic rings. The molecule has 1 aliphatic carbocycles. The molecule has 1 unspecified atom stereocenters. The van der Waals surface area contributed by atoms with Crippen molar-refractivity contribution in [3.63, 3.8) is 0 Å². The van der Waals surface area contributed by atoms with Gasteiger partial charge >= 0.3 is 0 Å². The van der Waals surface area contributed by atoms with Crippen LogP contribution in [-0.4, -0.2) is 76.0 Å². The molecule has 3 fully saturated rings. The molecule has 168 valence electrons. The number of rotatable bonds is 8. The van der Waals surface area contributed by atoms with E-state index in [0.717, 1.165) is 18.9 Å². The van der Waals surface area contributed by atoms with Gasteiger partial charge in [0.05, 0.1) is 12.1 Å². The maximum Gasteiger partial charge on any atom is 0.237 e. The van der Waals surface area contributed by atoms with E-state index in [4.69, 9.17) is 4.74 Å². The summed E-state index contributed by atoms with van der Waals surface area (Å²) in [6.07, 6.45) is 4.68. The van der Waals surface area contributed by atoms with Gasteiger partial charge in [-0.05, 0) is 43.4 Å². The third-order valence-electron chi connectivity index (χ3n) is 6.97. The van der Waals surface area contributed by atoms with Crippen LogP contribution in [-0.2, 0) is 9.53 Å². The van der Waals surface area contributed by atoms with E-state index in [1.165, 1.54) is 43.9 Å². The van der Waals surface area contributed by atoms with Crippen molar-refractivity contribution in [1.82, 2.24) is 10.6 Å². The third-order valence-corrected chi connectivity index (χ3v) is 7.82. The Bertz CT molecular complexity index is 545. The molecule has 5 N–H and O–H groups in total. The molecule has 0 aromatic heterocycles. The summed E-state index contributed by atoms with van der Waals surface area (Å²) < 4.78 is 5.89. The van der Waals surface area contributed by atoms with Gasteiger partial charge in [0.25, 0.3) is 0 Å². The predicted molar refractivity (Wildman–Crippen MR) is 113 cm³/mol. The molecule has 0 aromatic carbocycles. The summed E-state index contributed by atoms with van der Waals surface area (Å²) in [5, 5.41) is 37.2. The average Bonchev–Trinajstić information content (AvgIpc) is 3.12. The number of aliphatic hydroxyl groups excluding tert-OH is 3. The molecule has 2 saturated heterocycles. The van der Waals surface area contributed by atoms with Crippen molar-refractivity contribution in [3.8, 4) is 0 Å². The fraction of sp³-hybridized carbons (Fsp3) is 0.952. The second-order valence-corrected chi connectivity index (χ2v) is 10.3. The molecule has 0 radical (unpaired) electrons. The quantitative estimate of drug-likeness (QED) is 0.388. The third kappa shape index (κ3) is 5.46. The Morgan fingerprint density at radius 1 is 1.14 bits per heavy atom. The lowest BCUT2D eigenvalue weighted by Crippen LogP contribution is -2.64. The van der Waals surface area contributed by atoms with Crippen molar-refractivity contribution in [2.24, 2.45) is 17.8 Å². The molecular weight excluding hydrogens is 392 g/mol. The molecule has 8 atom stereocenters. The Balaban J connectivity index is 1.56. The van der Waals surface area contributed by atoms with Gasteiger partial charge in [-0.3, -0.25) is 4.79 Å². The van der Waals surface area contributed by atoms with Gasteiger partial charge in [-0.15, -0.1) is 11.8 Å². The van der Waals surface area contributed by atoms with Crippen molar-refractivity contribution >= 4 is 17.7 Å². The van der Waals surface area contributed by atoms with Crippen LogP contribution in [0.3, 0.4) is 0 Å². The van der Waals surface area contributed by atoms with Crippen molar-refractivity contribution in [2.45, 2.75) is 94.3 Å². The molecule has 0 bridgehead atoms. The fourth-order valence-electron chi connectivity index (χ4n) is 4.74. The second kappa shape index (κ2) is 10.3. The SMILES string of the molecule is CS[C@H]1OC([C@H](NC(=O)[C@@H]2C[C@@H](CCC3CCC3)CN2)C(C)C)[C@H](O)[C@H](O)[C@H]1O. The van der Waals surface area contributed by atoms with E-state index < -0.39 is 35.9 Å². The minimum absolute atomic E-state index is 0.000587. The predicted octanol–water partition coefficient (Wildman–Crippen LogP) is 0.856. The zero-order valence-electron chi connectivity index (χ0n) is 17.8. The molecule has 1 amide bonds.